The average Bonchev–Trinajstić information content (AvgIpc) is 2.67. The summed E-state index contributed by atoms with van der Waals surface area (Å²) in [5.41, 5.74) is 3.68. The van der Waals surface area contributed by atoms with Crippen LogP contribution in [0.1, 0.15) is 63.1 Å². The Morgan fingerprint density at radius 3 is 2.46 bits per heavy atom. The lowest BCUT2D eigenvalue weighted by molar-refractivity contribution is 0.0402. The summed E-state index contributed by atoms with van der Waals surface area (Å²) in [6.45, 7) is 9.56. The molecule has 0 saturated heterocycles. The molecular formula is C25H33ClO2. The van der Waals surface area contributed by atoms with E-state index in [9.17, 15) is 5.11 Å². The van der Waals surface area contributed by atoms with Gasteiger partial charge >= 0.3 is 0 Å². The molecule has 3 heteroatoms. The molecular weight excluding hydrogens is 368 g/mol. The molecule has 152 valence electrons. The minimum atomic E-state index is -0.209. The second-order valence-corrected chi connectivity index (χ2v) is 9.01. The first-order valence-corrected chi connectivity index (χ1v) is 10.9. The fourth-order valence-electron chi connectivity index (χ4n) is 4.80. The lowest BCUT2D eigenvalue weighted by atomic mass is 9.65. The largest absolute Gasteiger partial charge is 0.494 e. The van der Waals surface area contributed by atoms with Crippen molar-refractivity contribution in [3.63, 3.8) is 0 Å². The molecule has 0 heterocycles. The van der Waals surface area contributed by atoms with Crippen LogP contribution in [0.4, 0.5) is 0 Å². The predicted molar refractivity (Wildman–Crippen MR) is 117 cm³/mol. The van der Waals surface area contributed by atoms with Crippen LogP contribution in [0.15, 0.2) is 42.5 Å². The van der Waals surface area contributed by atoms with Gasteiger partial charge in [0.15, 0.2) is 0 Å². The molecule has 1 aliphatic rings. The molecule has 0 spiro atoms. The van der Waals surface area contributed by atoms with Gasteiger partial charge < -0.3 is 9.84 Å². The van der Waals surface area contributed by atoms with Crippen LogP contribution in [0.25, 0.3) is 0 Å². The van der Waals surface area contributed by atoms with E-state index in [1.165, 1.54) is 11.1 Å². The summed E-state index contributed by atoms with van der Waals surface area (Å²) >= 11 is 6.54. The summed E-state index contributed by atoms with van der Waals surface area (Å²) < 4.78 is 5.53. The van der Waals surface area contributed by atoms with E-state index < -0.39 is 0 Å². The molecule has 28 heavy (non-hydrogen) atoms. The van der Waals surface area contributed by atoms with Crippen LogP contribution < -0.4 is 4.74 Å². The topological polar surface area (TPSA) is 29.5 Å². The molecule has 1 N–H and O–H groups in total. The highest BCUT2D eigenvalue weighted by molar-refractivity contribution is 6.31. The highest BCUT2D eigenvalue weighted by atomic mass is 35.5. The Balaban J connectivity index is 1.82. The molecule has 1 saturated carbocycles. The van der Waals surface area contributed by atoms with Gasteiger partial charge in [0.2, 0.25) is 0 Å². The third kappa shape index (κ3) is 4.90. The third-order valence-corrected chi connectivity index (χ3v) is 6.73. The van der Waals surface area contributed by atoms with Gasteiger partial charge in [0.25, 0.3) is 0 Å². The Morgan fingerprint density at radius 2 is 1.82 bits per heavy atom. The van der Waals surface area contributed by atoms with Gasteiger partial charge in [-0.3, -0.25) is 0 Å². The van der Waals surface area contributed by atoms with E-state index in [1.54, 1.807) is 0 Å². The zero-order valence-corrected chi connectivity index (χ0v) is 18.2. The molecule has 1 aliphatic carbocycles. The Labute approximate surface area is 174 Å². The van der Waals surface area contributed by atoms with Crippen LogP contribution in [0, 0.1) is 17.8 Å². The summed E-state index contributed by atoms with van der Waals surface area (Å²) in [5.74, 6) is 2.98. The monoisotopic (exact) mass is 400 g/mol. The molecule has 4 unspecified atom stereocenters. The molecule has 2 nitrogen and oxygen atoms in total. The van der Waals surface area contributed by atoms with Gasteiger partial charge in [-0.2, -0.15) is 0 Å². The lowest BCUT2D eigenvalue weighted by Crippen LogP contribution is -2.35. The lowest BCUT2D eigenvalue weighted by Gasteiger charge is -2.41. The summed E-state index contributed by atoms with van der Waals surface area (Å²) in [4.78, 5) is 0. The molecule has 0 aliphatic heterocycles. The summed E-state index contributed by atoms with van der Waals surface area (Å²) in [6.07, 6.45) is 2.35. The van der Waals surface area contributed by atoms with E-state index in [0.29, 0.717) is 30.3 Å². The standard InChI is InChI=1S/C25H33ClO2/c1-5-28-22-9-6-18(7-10-22)12-20-13-19(8-11-25(20)26)24-15-21(27)14-23(16(2)3)17(24)4/h6-11,13,16-17,21,23-24,27H,5,12,14-15H2,1-4H3. The summed E-state index contributed by atoms with van der Waals surface area (Å²) in [7, 11) is 0. The van der Waals surface area contributed by atoms with E-state index in [4.69, 9.17) is 16.3 Å². The first kappa shape index (κ1) is 21.2. The molecule has 0 aromatic heterocycles. The molecule has 0 amide bonds. The van der Waals surface area contributed by atoms with Gasteiger partial charge in [-0.25, -0.2) is 0 Å². The molecule has 2 aromatic rings. The van der Waals surface area contributed by atoms with Crippen LogP contribution in [0.2, 0.25) is 5.02 Å². The van der Waals surface area contributed by atoms with Crippen LogP contribution in [0.5, 0.6) is 5.75 Å². The molecule has 3 rings (SSSR count). The highest BCUT2D eigenvalue weighted by Gasteiger charge is 2.36. The Hall–Kier alpha value is -1.51. The SMILES string of the molecule is CCOc1ccc(Cc2cc(C3CC(O)CC(C(C)C)C3C)ccc2Cl)cc1. The number of ether oxygens (including phenoxy) is 1. The van der Waals surface area contributed by atoms with Crippen molar-refractivity contribution in [3.8, 4) is 5.75 Å². The van der Waals surface area contributed by atoms with Gasteiger partial charge in [0, 0.05) is 5.02 Å². The van der Waals surface area contributed by atoms with Crippen molar-refractivity contribution in [2.24, 2.45) is 17.8 Å². The number of aliphatic hydroxyl groups excluding tert-OH is 1. The van der Waals surface area contributed by atoms with Gasteiger partial charge in [0.05, 0.1) is 12.7 Å². The summed E-state index contributed by atoms with van der Waals surface area (Å²) in [6, 6.07) is 14.7. The molecule has 4 atom stereocenters. The van der Waals surface area contributed by atoms with Gasteiger partial charge in [-0.15, -0.1) is 0 Å². The van der Waals surface area contributed by atoms with Crippen molar-refractivity contribution in [1.29, 1.82) is 0 Å². The zero-order valence-electron chi connectivity index (χ0n) is 17.5. The first-order chi connectivity index (χ1) is 13.4. The number of hydrogen-bond donors (Lipinski definition) is 1. The van der Waals surface area contributed by atoms with Crippen LogP contribution in [-0.4, -0.2) is 17.8 Å². The maximum Gasteiger partial charge on any atom is 0.119 e. The number of aliphatic hydroxyl groups is 1. The smallest absolute Gasteiger partial charge is 0.119 e. The van der Waals surface area contributed by atoms with Gasteiger partial charge in [0.1, 0.15) is 5.75 Å². The average molecular weight is 401 g/mol. The minimum absolute atomic E-state index is 0.209. The van der Waals surface area contributed by atoms with E-state index in [-0.39, 0.29) is 6.10 Å². The number of rotatable bonds is 6. The number of hydrogen-bond acceptors (Lipinski definition) is 2. The van der Waals surface area contributed by atoms with E-state index in [0.717, 1.165) is 35.6 Å². The van der Waals surface area contributed by atoms with Crippen LogP contribution in [-0.2, 0) is 6.42 Å². The normalized spacial score (nSPS) is 25.1. The Kier molecular flexibility index (Phi) is 7.06. The molecule has 0 radical (unpaired) electrons. The van der Waals surface area contributed by atoms with Gasteiger partial charge in [-0.05, 0) is 84.7 Å². The van der Waals surface area contributed by atoms with Crippen LogP contribution in [0.3, 0.4) is 0 Å². The van der Waals surface area contributed by atoms with Crippen molar-refractivity contribution in [3.05, 3.63) is 64.2 Å². The van der Waals surface area contributed by atoms with E-state index in [2.05, 4.69) is 45.0 Å². The van der Waals surface area contributed by atoms with Crippen molar-refractivity contribution in [2.75, 3.05) is 6.61 Å². The molecule has 2 aromatic carbocycles. The van der Waals surface area contributed by atoms with E-state index in [1.807, 2.05) is 25.1 Å². The zero-order chi connectivity index (χ0) is 20.3. The molecule has 1 fully saturated rings. The highest BCUT2D eigenvalue weighted by Crippen LogP contribution is 2.44. The second kappa shape index (κ2) is 9.33. The Morgan fingerprint density at radius 1 is 1.11 bits per heavy atom. The third-order valence-electron chi connectivity index (χ3n) is 6.36. The van der Waals surface area contributed by atoms with Crippen molar-refractivity contribution in [2.45, 2.75) is 59.0 Å². The quantitative estimate of drug-likeness (QED) is 0.601. The Bertz CT molecular complexity index is 769. The second-order valence-electron chi connectivity index (χ2n) is 8.60. The molecule has 0 bridgehead atoms. The maximum absolute atomic E-state index is 10.5. The predicted octanol–water partition coefficient (Wildman–Crippen LogP) is 6.48. The fraction of sp³-hybridized carbons (Fsp3) is 0.520. The van der Waals surface area contributed by atoms with Crippen molar-refractivity contribution >= 4 is 11.6 Å². The first-order valence-electron chi connectivity index (χ1n) is 10.6. The summed E-state index contributed by atoms with van der Waals surface area (Å²) in [5, 5.41) is 11.3. The minimum Gasteiger partial charge on any atom is -0.494 e. The maximum atomic E-state index is 10.5. The number of benzene rings is 2. The van der Waals surface area contributed by atoms with Crippen molar-refractivity contribution < 1.29 is 9.84 Å². The van der Waals surface area contributed by atoms with Crippen LogP contribution >= 0.6 is 11.6 Å². The number of halogens is 1. The van der Waals surface area contributed by atoms with Gasteiger partial charge in [-0.1, -0.05) is 56.6 Å². The fourth-order valence-corrected chi connectivity index (χ4v) is 4.99. The van der Waals surface area contributed by atoms with Crippen molar-refractivity contribution in [1.82, 2.24) is 0 Å². The van der Waals surface area contributed by atoms with E-state index >= 15 is 0 Å².